The Hall–Kier alpha value is -4.51. The van der Waals surface area contributed by atoms with Gasteiger partial charge in [0.2, 0.25) is 0 Å². The Morgan fingerprint density at radius 2 is 1.86 bits per heavy atom. The van der Waals surface area contributed by atoms with Gasteiger partial charge in [0.1, 0.15) is 16.5 Å². The number of nitrogens with one attached hydrogen (secondary N) is 1. The Kier molecular flexibility index (Phi) is 5.75. The molecule has 0 radical (unpaired) electrons. The Balaban J connectivity index is 1.62. The minimum atomic E-state index is -0.732. The average molecular weight is 489 g/mol. The van der Waals surface area contributed by atoms with Crippen LogP contribution in [0.5, 0.6) is 0 Å². The lowest BCUT2D eigenvalue weighted by Crippen LogP contribution is -2.25. The summed E-state index contributed by atoms with van der Waals surface area (Å²) in [6.07, 6.45) is 1.34. The fraction of sp³-hybridized carbons (Fsp3) is 0.0833. The third kappa shape index (κ3) is 4.13. The standard InChI is InChI=1S/C24H16FN5O4S/c1-2-34-24(33)20-15-12-35-22(19(15)23(32)30(29-20)14-9-7-13(25)8-10-14)28-21(31)18-11-26-16-5-3-4-6-17(16)27-18/h3-12H,2H2,1H3,(H,28,31). The van der Waals surface area contributed by atoms with Crippen molar-refractivity contribution in [3.63, 3.8) is 0 Å². The number of carbonyl (C=O) groups excluding carboxylic acids is 2. The van der Waals surface area contributed by atoms with Crippen LogP contribution in [-0.2, 0) is 4.74 Å². The Labute approximate surface area is 200 Å². The highest BCUT2D eigenvalue weighted by molar-refractivity contribution is 7.16. The Morgan fingerprint density at radius 1 is 1.11 bits per heavy atom. The molecule has 1 N–H and O–H groups in total. The quantitative estimate of drug-likeness (QED) is 0.372. The first-order valence-corrected chi connectivity index (χ1v) is 11.3. The van der Waals surface area contributed by atoms with Crippen LogP contribution in [0, 0.1) is 5.82 Å². The van der Waals surface area contributed by atoms with Gasteiger partial charge >= 0.3 is 5.97 Å². The molecule has 0 saturated carbocycles. The first-order chi connectivity index (χ1) is 17.0. The van der Waals surface area contributed by atoms with Gasteiger partial charge in [0.15, 0.2) is 5.69 Å². The van der Waals surface area contributed by atoms with Crippen molar-refractivity contribution in [2.75, 3.05) is 11.9 Å². The molecular weight excluding hydrogens is 473 g/mol. The molecule has 9 nitrogen and oxygen atoms in total. The molecule has 0 fully saturated rings. The number of ether oxygens (including phenoxy) is 1. The maximum Gasteiger partial charge on any atom is 0.359 e. The number of thiophene rings is 1. The molecule has 1 amide bonds. The number of nitrogens with zero attached hydrogens (tertiary/aromatic N) is 4. The highest BCUT2D eigenvalue weighted by atomic mass is 32.1. The normalized spacial score (nSPS) is 11.0. The van der Waals surface area contributed by atoms with Crippen LogP contribution in [0.1, 0.15) is 27.9 Å². The number of anilines is 1. The zero-order valence-corrected chi connectivity index (χ0v) is 19.0. The molecule has 3 aromatic heterocycles. The van der Waals surface area contributed by atoms with Gasteiger partial charge in [0.25, 0.3) is 11.5 Å². The van der Waals surface area contributed by atoms with E-state index in [0.29, 0.717) is 11.0 Å². The van der Waals surface area contributed by atoms with Gasteiger partial charge < -0.3 is 10.1 Å². The summed E-state index contributed by atoms with van der Waals surface area (Å²) in [5, 5.41) is 8.93. The first-order valence-electron chi connectivity index (χ1n) is 10.5. The van der Waals surface area contributed by atoms with Gasteiger partial charge in [-0.3, -0.25) is 14.6 Å². The topological polar surface area (TPSA) is 116 Å². The van der Waals surface area contributed by atoms with E-state index < -0.39 is 23.3 Å². The number of rotatable bonds is 5. The van der Waals surface area contributed by atoms with Crippen LogP contribution in [0.15, 0.2) is 64.9 Å². The fourth-order valence-electron chi connectivity index (χ4n) is 3.48. The second kappa shape index (κ2) is 9.03. The maximum absolute atomic E-state index is 13.4. The lowest BCUT2D eigenvalue weighted by Gasteiger charge is -2.10. The summed E-state index contributed by atoms with van der Waals surface area (Å²) in [6.45, 7) is 1.75. The lowest BCUT2D eigenvalue weighted by atomic mass is 10.2. The molecular formula is C24H16FN5O4S. The summed E-state index contributed by atoms with van der Waals surface area (Å²) in [6, 6.07) is 12.2. The Morgan fingerprint density at radius 3 is 2.60 bits per heavy atom. The number of carbonyl (C=O) groups is 2. The van der Waals surface area contributed by atoms with E-state index in [-0.39, 0.29) is 39.5 Å². The lowest BCUT2D eigenvalue weighted by molar-refractivity contribution is 0.0520. The van der Waals surface area contributed by atoms with Gasteiger partial charge in [-0.1, -0.05) is 12.1 Å². The summed E-state index contributed by atoms with van der Waals surface area (Å²) in [5.41, 5.74) is 0.784. The van der Waals surface area contributed by atoms with Crippen LogP contribution in [0.4, 0.5) is 9.39 Å². The summed E-state index contributed by atoms with van der Waals surface area (Å²) in [5.74, 6) is -1.80. The number of fused-ring (bicyclic) bond motifs is 2. The smallest absolute Gasteiger partial charge is 0.359 e. The van der Waals surface area contributed by atoms with Crippen molar-refractivity contribution in [2.24, 2.45) is 0 Å². The van der Waals surface area contributed by atoms with Gasteiger partial charge in [0, 0.05) is 10.8 Å². The molecule has 11 heteroatoms. The van der Waals surface area contributed by atoms with Gasteiger partial charge in [-0.15, -0.1) is 11.3 Å². The predicted octanol–water partition coefficient (Wildman–Crippen LogP) is 3.96. The van der Waals surface area contributed by atoms with Gasteiger partial charge in [0.05, 0.1) is 34.9 Å². The van der Waals surface area contributed by atoms with Crippen LogP contribution < -0.4 is 10.9 Å². The van der Waals surface area contributed by atoms with Gasteiger partial charge in [-0.05, 0) is 43.3 Å². The van der Waals surface area contributed by atoms with Gasteiger partial charge in [-0.25, -0.2) is 14.2 Å². The summed E-state index contributed by atoms with van der Waals surface area (Å²) in [4.78, 5) is 47.6. The predicted molar refractivity (Wildman–Crippen MR) is 129 cm³/mol. The van der Waals surface area contributed by atoms with E-state index in [1.807, 2.05) is 6.07 Å². The molecule has 5 aromatic rings. The third-order valence-electron chi connectivity index (χ3n) is 5.10. The largest absolute Gasteiger partial charge is 0.461 e. The number of para-hydroxylation sites is 2. The van der Waals surface area contributed by atoms with Crippen LogP contribution >= 0.6 is 11.3 Å². The first kappa shape index (κ1) is 22.3. The monoisotopic (exact) mass is 489 g/mol. The minimum absolute atomic E-state index is 0.0591. The van der Waals surface area contributed by atoms with E-state index in [1.165, 1.54) is 30.5 Å². The number of hydrogen-bond donors (Lipinski definition) is 1. The number of halogens is 1. The highest BCUT2D eigenvalue weighted by Gasteiger charge is 2.23. The van der Waals surface area contributed by atoms with E-state index in [9.17, 15) is 18.8 Å². The molecule has 0 spiro atoms. The Bertz CT molecular complexity index is 1660. The summed E-state index contributed by atoms with van der Waals surface area (Å²) < 4.78 is 19.5. The molecule has 0 bridgehead atoms. The van der Waals surface area contributed by atoms with Crippen LogP contribution in [-0.4, -0.2) is 38.2 Å². The van der Waals surface area contributed by atoms with Crippen molar-refractivity contribution in [3.8, 4) is 5.69 Å². The second-order valence-electron chi connectivity index (χ2n) is 7.31. The SMILES string of the molecule is CCOC(=O)c1nn(-c2ccc(F)cc2)c(=O)c2c(NC(=O)c3cnc4ccccc4n3)scc12. The minimum Gasteiger partial charge on any atom is -0.461 e. The number of benzene rings is 2. The van der Waals surface area contributed by atoms with Gasteiger partial charge in [-0.2, -0.15) is 9.78 Å². The number of aromatic nitrogens is 4. The molecule has 5 rings (SSSR count). The molecule has 35 heavy (non-hydrogen) atoms. The van der Waals surface area contributed by atoms with Crippen molar-refractivity contribution >= 4 is 50.0 Å². The van der Waals surface area contributed by atoms with E-state index in [1.54, 1.807) is 30.5 Å². The van der Waals surface area contributed by atoms with Crippen molar-refractivity contribution in [3.05, 3.63) is 87.7 Å². The van der Waals surface area contributed by atoms with E-state index in [4.69, 9.17) is 4.74 Å². The molecule has 2 aromatic carbocycles. The number of esters is 1. The zero-order valence-electron chi connectivity index (χ0n) is 18.2. The van der Waals surface area contributed by atoms with E-state index in [0.717, 1.165) is 16.0 Å². The molecule has 0 aliphatic heterocycles. The molecule has 0 aliphatic rings. The fourth-order valence-corrected chi connectivity index (χ4v) is 4.41. The molecule has 0 saturated heterocycles. The number of amides is 1. The van der Waals surface area contributed by atoms with Crippen LogP contribution in [0.3, 0.4) is 0 Å². The molecule has 0 unspecified atom stereocenters. The number of hydrogen-bond acceptors (Lipinski definition) is 8. The van der Waals surface area contributed by atoms with Crippen molar-refractivity contribution in [1.29, 1.82) is 0 Å². The van der Waals surface area contributed by atoms with Crippen LogP contribution in [0.2, 0.25) is 0 Å². The molecule has 0 aliphatic carbocycles. The van der Waals surface area contributed by atoms with E-state index >= 15 is 0 Å². The van der Waals surface area contributed by atoms with Crippen molar-refractivity contribution in [2.45, 2.75) is 6.92 Å². The zero-order chi connectivity index (χ0) is 24.5. The van der Waals surface area contributed by atoms with Crippen molar-refractivity contribution < 1.29 is 18.7 Å². The second-order valence-corrected chi connectivity index (χ2v) is 8.19. The maximum atomic E-state index is 13.4. The van der Waals surface area contributed by atoms with Crippen LogP contribution in [0.25, 0.3) is 27.5 Å². The average Bonchev–Trinajstić information content (AvgIpc) is 3.29. The van der Waals surface area contributed by atoms with Crippen molar-refractivity contribution in [1.82, 2.24) is 19.7 Å². The highest BCUT2D eigenvalue weighted by Crippen LogP contribution is 2.31. The summed E-state index contributed by atoms with van der Waals surface area (Å²) >= 11 is 1.06. The summed E-state index contributed by atoms with van der Waals surface area (Å²) in [7, 11) is 0. The third-order valence-corrected chi connectivity index (χ3v) is 6.00. The van der Waals surface area contributed by atoms with E-state index in [2.05, 4.69) is 20.4 Å². The molecule has 3 heterocycles. The molecule has 174 valence electrons. The molecule has 0 atom stereocenters.